The number of fused-ring (bicyclic) bond motifs is 2. The fraction of sp³-hybridized carbons (Fsp3) is 0.474. The lowest BCUT2D eigenvalue weighted by molar-refractivity contribution is 0.113. The second kappa shape index (κ2) is 5.37. The lowest BCUT2D eigenvalue weighted by Gasteiger charge is -2.28. The summed E-state index contributed by atoms with van der Waals surface area (Å²) in [5.74, 6) is 2.03. The summed E-state index contributed by atoms with van der Waals surface area (Å²) in [6, 6.07) is 0. The topological polar surface area (TPSA) is 67.9 Å². The Balaban J connectivity index is 1.49. The van der Waals surface area contributed by atoms with Crippen LogP contribution in [0.4, 0.5) is 4.39 Å². The minimum Gasteiger partial charge on any atom is -0.493 e. The van der Waals surface area contributed by atoms with E-state index >= 15 is 4.39 Å². The predicted octanol–water partition coefficient (Wildman–Crippen LogP) is 2.67. The van der Waals surface area contributed by atoms with Gasteiger partial charge in [0.1, 0.15) is 5.54 Å². The molecule has 2 aromatic rings. The molecule has 0 bridgehead atoms. The van der Waals surface area contributed by atoms with Gasteiger partial charge in [-0.1, -0.05) is 0 Å². The van der Waals surface area contributed by atoms with Gasteiger partial charge in [0, 0.05) is 18.3 Å². The Labute approximate surface area is 156 Å². The molecule has 2 aliphatic heterocycles. The molecular weight excluding hydrogens is 347 g/mol. The summed E-state index contributed by atoms with van der Waals surface area (Å²) in [5, 5.41) is 4.67. The molecule has 0 aromatic carbocycles. The third kappa shape index (κ3) is 2.18. The second-order valence-electron chi connectivity index (χ2n) is 7.62. The first-order chi connectivity index (χ1) is 12.9. The monoisotopic (exact) mass is 368 g/mol. The van der Waals surface area contributed by atoms with Gasteiger partial charge >= 0.3 is 0 Å². The van der Waals surface area contributed by atoms with E-state index in [9.17, 15) is 0 Å². The van der Waals surface area contributed by atoms with Crippen LogP contribution >= 0.6 is 0 Å². The highest BCUT2D eigenvalue weighted by atomic mass is 19.1. The fourth-order valence-corrected chi connectivity index (χ4v) is 4.17. The molecule has 4 atom stereocenters. The minimum absolute atomic E-state index is 0.0445. The largest absolute Gasteiger partial charge is 0.493 e. The molecule has 8 heteroatoms. The van der Waals surface area contributed by atoms with Crippen molar-refractivity contribution >= 4 is 11.5 Å². The molecule has 1 saturated carbocycles. The smallest absolute Gasteiger partial charge is 0.202 e. The van der Waals surface area contributed by atoms with E-state index in [0.717, 1.165) is 29.3 Å². The highest BCUT2D eigenvalue weighted by molar-refractivity contribution is 6.00. The quantitative estimate of drug-likeness (QED) is 0.779. The number of halogens is 1. The van der Waals surface area contributed by atoms with Gasteiger partial charge in [-0.25, -0.2) is 13.9 Å². The van der Waals surface area contributed by atoms with Crippen LogP contribution in [-0.2, 0) is 4.74 Å². The van der Waals surface area contributed by atoms with E-state index in [0.29, 0.717) is 11.6 Å². The third-order valence-electron chi connectivity index (χ3n) is 5.85. The number of methoxy groups -OCH3 is 1. The van der Waals surface area contributed by atoms with Gasteiger partial charge in [-0.3, -0.25) is 14.9 Å². The normalized spacial score (nSPS) is 31.7. The number of ether oxygens (including phenoxy) is 1. The summed E-state index contributed by atoms with van der Waals surface area (Å²) < 4.78 is 22.5. The van der Waals surface area contributed by atoms with E-state index in [1.165, 1.54) is 0 Å². The van der Waals surface area contributed by atoms with Crippen molar-refractivity contribution in [1.82, 2.24) is 24.5 Å². The van der Waals surface area contributed by atoms with Gasteiger partial charge in [-0.05, 0) is 45.3 Å². The highest BCUT2D eigenvalue weighted by Gasteiger charge is 2.61. The first-order valence-corrected chi connectivity index (χ1v) is 9.08. The van der Waals surface area contributed by atoms with Crippen LogP contribution < -0.4 is 0 Å². The van der Waals surface area contributed by atoms with Crippen molar-refractivity contribution < 1.29 is 9.13 Å². The maximum atomic E-state index is 15.4. The van der Waals surface area contributed by atoms with E-state index in [-0.39, 0.29) is 11.8 Å². The van der Waals surface area contributed by atoms with Gasteiger partial charge in [0.25, 0.3) is 0 Å². The average molecular weight is 368 g/mol. The molecule has 5 rings (SSSR count). The van der Waals surface area contributed by atoms with Crippen LogP contribution in [0.2, 0.25) is 0 Å². The molecule has 2 aromatic heterocycles. The van der Waals surface area contributed by atoms with Crippen molar-refractivity contribution in [3.05, 3.63) is 47.5 Å². The molecule has 7 nitrogen and oxygen atoms in total. The Morgan fingerprint density at radius 3 is 2.89 bits per heavy atom. The zero-order valence-corrected chi connectivity index (χ0v) is 15.7. The summed E-state index contributed by atoms with van der Waals surface area (Å²) in [4.78, 5) is 15.3. The maximum absolute atomic E-state index is 15.4. The summed E-state index contributed by atoms with van der Waals surface area (Å²) >= 11 is 0. The van der Waals surface area contributed by atoms with Gasteiger partial charge in [-0.2, -0.15) is 5.10 Å². The van der Waals surface area contributed by atoms with Crippen molar-refractivity contribution in [1.29, 1.82) is 0 Å². The van der Waals surface area contributed by atoms with Gasteiger partial charge in [-0.15, -0.1) is 0 Å². The van der Waals surface area contributed by atoms with Crippen LogP contribution in [0.1, 0.15) is 36.5 Å². The molecule has 0 spiro atoms. The van der Waals surface area contributed by atoms with E-state index in [1.807, 2.05) is 25.3 Å². The molecule has 0 radical (unpaired) electrons. The fourth-order valence-electron chi connectivity index (χ4n) is 4.17. The molecule has 1 aliphatic carbocycles. The van der Waals surface area contributed by atoms with Gasteiger partial charge in [0.15, 0.2) is 23.1 Å². The number of alkyl halides is 1. The average Bonchev–Trinajstić information content (AvgIpc) is 3.27. The van der Waals surface area contributed by atoms with Crippen LogP contribution in [-0.4, -0.2) is 49.3 Å². The summed E-state index contributed by atoms with van der Waals surface area (Å²) in [5.41, 5.74) is 1.68. The number of amidine groups is 1. The second-order valence-corrected chi connectivity index (χ2v) is 7.62. The number of nitrogens with zero attached hydrogens (tertiary/aromatic N) is 6. The first kappa shape index (κ1) is 16.4. The van der Waals surface area contributed by atoms with Gasteiger partial charge in [0.05, 0.1) is 18.5 Å². The number of allylic oxidation sites excluding steroid dienone is 2. The molecule has 0 amide bonds. The lowest BCUT2D eigenvalue weighted by Crippen LogP contribution is -2.42. The standard InChI is InChI=1S/C19H21FN6O/c1-10-9-21-11(2)16-22-15(24-26(10)16)12-8-13(12)19(3)18(20)25-7-5-6-14(27-4)17(25)23-19/h5-7,9,12-13,18H,8H2,1-4H3. The van der Waals surface area contributed by atoms with E-state index in [1.54, 1.807) is 36.6 Å². The van der Waals surface area contributed by atoms with Crippen LogP contribution in [0.25, 0.3) is 5.65 Å². The number of rotatable bonds is 3. The first-order valence-electron chi connectivity index (χ1n) is 9.08. The molecule has 140 valence electrons. The van der Waals surface area contributed by atoms with Crippen molar-refractivity contribution in [2.75, 3.05) is 7.11 Å². The number of hydrogen-bond donors (Lipinski definition) is 0. The third-order valence-corrected chi connectivity index (χ3v) is 5.85. The maximum Gasteiger partial charge on any atom is 0.202 e. The zero-order valence-electron chi connectivity index (χ0n) is 15.7. The lowest BCUT2D eigenvalue weighted by atomic mass is 9.94. The molecule has 3 aliphatic rings. The van der Waals surface area contributed by atoms with Gasteiger partial charge in [0.2, 0.25) is 6.30 Å². The number of aromatic nitrogens is 4. The molecule has 0 N–H and O–H groups in total. The summed E-state index contributed by atoms with van der Waals surface area (Å²) in [6.07, 6.45) is 6.68. The molecule has 4 unspecified atom stereocenters. The van der Waals surface area contributed by atoms with Crippen LogP contribution in [0.15, 0.2) is 35.3 Å². The van der Waals surface area contributed by atoms with Crippen LogP contribution in [0, 0.1) is 19.8 Å². The van der Waals surface area contributed by atoms with E-state index < -0.39 is 11.8 Å². The molecule has 27 heavy (non-hydrogen) atoms. The zero-order chi connectivity index (χ0) is 18.9. The van der Waals surface area contributed by atoms with Crippen molar-refractivity contribution in [2.24, 2.45) is 10.9 Å². The Hall–Kier alpha value is -2.77. The predicted molar refractivity (Wildman–Crippen MR) is 97.9 cm³/mol. The van der Waals surface area contributed by atoms with Crippen molar-refractivity contribution in [3.63, 3.8) is 0 Å². The van der Waals surface area contributed by atoms with E-state index in [2.05, 4.69) is 15.1 Å². The Morgan fingerprint density at radius 2 is 2.15 bits per heavy atom. The summed E-state index contributed by atoms with van der Waals surface area (Å²) in [7, 11) is 1.58. The molecule has 0 saturated heterocycles. The van der Waals surface area contributed by atoms with Crippen molar-refractivity contribution in [3.8, 4) is 0 Å². The Bertz CT molecular complexity index is 1000. The van der Waals surface area contributed by atoms with Crippen molar-refractivity contribution in [2.45, 2.75) is 44.9 Å². The summed E-state index contributed by atoms with van der Waals surface area (Å²) in [6.45, 7) is 5.75. The van der Waals surface area contributed by atoms with Crippen LogP contribution in [0.5, 0.6) is 0 Å². The number of hydrogen-bond acceptors (Lipinski definition) is 6. The van der Waals surface area contributed by atoms with Crippen LogP contribution in [0.3, 0.4) is 0 Å². The molecule has 1 fully saturated rings. The molecule has 4 heterocycles. The highest BCUT2D eigenvalue weighted by Crippen LogP contribution is 2.57. The van der Waals surface area contributed by atoms with E-state index in [4.69, 9.17) is 9.73 Å². The molecular formula is C19H21FN6O. The SMILES string of the molecule is COC1=CC=CN2C1=NC(C)(C1CC1c1nc3c(C)ncc(C)n3n1)C2F. The van der Waals surface area contributed by atoms with Gasteiger partial charge < -0.3 is 4.74 Å². The Morgan fingerprint density at radius 1 is 1.33 bits per heavy atom. The number of aryl methyl sites for hydroxylation is 2. The minimum atomic E-state index is -1.24. The number of aliphatic imine (C=N–C) groups is 1. The Kier molecular flexibility index (Phi) is 3.26.